The highest BCUT2D eigenvalue weighted by molar-refractivity contribution is 5.86. The van der Waals surface area contributed by atoms with Gasteiger partial charge < -0.3 is 9.84 Å². The Hall–Kier alpha value is -0.990. The van der Waals surface area contributed by atoms with Crippen molar-refractivity contribution in [1.29, 1.82) is 0 Å². The van der Waals surface area contributed by atoms with Crippen LogP contribution in [0.3, 0.4) is 0 Å². The summed E-state index contributed by atoms with van der Waals surface area (Å²) in [6, 6.07) is 0. The second kappa shape index (κ2) is 1.86. The van der Waals surface area contributed by atoms with Gasteiger partial charge in [0.2, 0.25) is 0 Å². The number of carbonyl (C=O) groups is 1. The monoisotopic (exact) mass is 114 g/mol. The van der Waals surface area contributed by atoms with Crippen LogP contribution in [0.15, 0.2) is 11.8 Å². The molecule has 0 aromatic heterocycles. The Balaban J connectivity index is 2.57. The van der Waals surface area contributed by atoms with E-state index in [0.717, 1.165) is 0 Å². The number of hydrogen-bond acceptors (Lipinski definition) is 2. The Morgan fingerprint density at radius 1 is 1.88 bits per heavy atom. The third-order valence-corrected chi connectivity index (χ3v) is 0.990. The van der Waals surface area contributed by atoms with Gasteiger partial charge in [-0.05, 0) is 0 Å². The van der Waals surface area contributed by atoms with Crippen LogP contribution in [-0.2, 0) is 9.53 Å². The molecular formula is C5H6O3. The second-order valence-electron chi connectivity index (χ2n) is 1.57. The summed E-state index contributed by atoms with van der Waals surface area (Å²) in [6.07, 6.45) is 1.83. The molecule has 0 atom stereocenters. The van der Waals surface area contributed by atoms with Crippen LogP contribution in [0.5, 0.6) is 0 Å². The second-order valence-corrected chi connectivity index (χ2v) is 1.57. The molecule has 0 bridgehead atoms. The summed E-state index contributed by atoms with van der Waals surface area (Å²) in [5, 5.41) is 8.26. The van der Waals surface area contributed by atoms with Crippen LogP contribution in [0, 0.1) is 0 Å². The molecule has 1 aliphatic heterocycles. The maximum absolute atomic E-state index is 10.1. The van der Waals surface area contributed by atoms with Crippen LogP contribution in [-0.4, -0.2) is 17.7 Å². The molecule has 0 fully saturated rings. The van der Waals surface area contributed by atoms with Crippen molar-refractivity contribution in [3.63, 3.8) is 0 Å². The van der Waals surface area contributed by atoms with E-state index in [1.807, 2.05) is 0 Å². The lowest BCUT2D eigenvalue weighted by Gasteiger charge is -1.83. The van der Waals surface area contributed by atoms with E-state index in [2.05, 4.69) is 4.74 Å². The maximum atomic E-state index is 10.1. The molecule has 0 aromatic rings. The summed E-state index contributed by atoms with van der Waals surface area (Å²) in [7, 11) is 0. The van der Waals surface area contributed by atoms with Gasteiger partial charge in [0.25, 0.3) is 0 Å². The summed E-state index contributed by atoms with van der Waals surface area (Å²) in [5.74, 6) is -0.873. The standard InChI is InChI=1S/C5H6O3/c6-5(7)4-1-2-8-3-4/h3H,1-2H2,(H,6,7). The van der Waals surface area contributed by atoms with E-state index in [0.29, 0.717) is 18.6 Å². The molecule has 1 rings (SSSR count). The van der Waals surface area contributed by atoms with Crippen LogP contribution >= 0.6 is 0 Å². The lowest BCUT2D eigenvalue weighted by Crippen LogP contribution is -1.96. The van der Waals surface area contributed by atoms with Gasteiger partial charge in [0.15, 0.2) is 0 Å². The fourth-order valence-electron chi connectivity index (χ4n) is 0.545. The number of ether oxygens (including phenoxy) is 1. The van der Waals surface area contributed by atoms with Crippen LogP contribution in [0.4, 0.5) is 0 Å². The zero-order valence-corrected chi connectivity index (χ0v) is 4.26. The summed E-state index contributed by atoms with van der Waals surface area (Å²) >= 11 is 0. The van der Waals surface area contributed by atoms with Gasteiger partial charge in [-0.15, -0.1) is 0 Å². The fourth-order valence-corrected chi connectivity index (χ4v) is 0.545. The van der Waals surface area contributed by atoms with E-state index in [4.69, 9.17) is 5.11 Å². The molecule has 1 N–H and O–H groups in total. The zero-order valence-electron chi connectivity index (χ0n) is 4.26. The SMILES string of the molecule is O=C(O)C1=COCC1. The molecule has 0 radical (unpaired) electrons. The van der Waals surface area contributed by atoms with Gasteiger partial charge in [0, 0.05) is 6.42 Å². The van der Waals surface area contributed by atoms with Gasteiger partial charge in [-0.25, -0.2) is 4.79 Å². The summed E-state index contributed by atoms with van der Waals surface area (Å²) in [6.45, 7) is 0.516. The van der Waals surface area contributed by atoms with Gasteiger partial charge in [-0.2, -0.15) is 0 Å². The molecule has 8 heavy (non-hydrogen) atoms. The van der Waals surface area contributed by atoms with E-state index >= 15 is 0 Å². The van der Waals surface area contributed by atoms with Gasteiger partial charge in [0.1, 0.15) is 0 Å². The Morgan fingerprint density at radius 3 is 2.88 bits per heavy atom. The van der Waals surface area contributed by atoms with Gasteiger partial charge in [-0.3, -0.25) is 0 Å². The Bertz CT molecular complexity index is 137. The van der Waals surface area contributed by atoms with Crippen molar-refractivity contribution in [2.24, 2.45) is 0 Å². The van der Waals surface area contributed by atoms with Gasteiger partial charge >= 0.3 is 5.97 Å². The first-order valence-corrected chi connectivity index (χ1v) is 2.34. The molecule has 0 saturated heterocycles. The molecular weight excluding hydrogens is 108 g/mol. The first kappa shape index (κ1) is 5.15. The van der Waals surface area contributed by atoms with Crippen molar-refractivity contribution in [2.45, 2.75) is 6.42 Å². The molecule has 0 aliphatic carbocycles. The summed E-state index contributed by atoms with van der Waals surface area (Å²) in [5.41, 5.74) is 0.366. The Kier molecular flexibility index (Phi) is 1.20. The molecule has 0 unspecified atom stereocenters. The number of rotatable bonds is 1. The fraction of sp³-hybridized carbons (Fsp3) is 0.400. The van der Waals surface area contributed by atoms with E-state index in [1.54, 1.807) is 0 Å². The quantitative estimate of drug-likeness (QED) is 0.535. The average Bonchev–Trinajstić information content (AvgIpc) is 2.12. The number of carboxylic acids is 1. The first-order valence-electron chi connectivity index (χ1n) is 2.34. The van der Waals surface area contributed by atoms with Gasteiger partial charge in [-0.1, -0.05) is 0 Å². The Morgan fingerprint density at radius 2 is 2.62 bits per heavy atom. The topological polar surface area (TPSA) is 46.5 Å². The molecule has 0 spiro atoms. The minimum absolute atomic E-state index is 0.366. The molecule has 0 amide bonds. The van der Waals surface area contributed by atoms with Crippen LogP contribution in [0.1, 0.15) is 6.42 Å². The number of carboxylic acid groups (broad SMARTS) is 1. The normalized spacial score (nSPS) is 17.2. The molecule has 0 saturated carbocycles. The maximum Gasteiger partial charge on any atom is 0.334 e. The minimum Gasteiger partial charge on any atom is -0.500 e. The lowest BCUT2D eigenvalue weighted by molar-refractivity contribution is -0.132. The predicted octanol–water partition coefficient (Wildman–Crippen LogP) is 0.375. The average molecular weight is 114 g/mol. The summed E-state index contributed by atoms with van der Waals surface area (Å²) in [4.78, 5) is 10.1. The van der Waals surface area contributed by atoms with Crippen molar-refractivity contribution in [2.75, 3.05) is 6.61 Å². The first-order chi connectivity index (χ1) is 3.80. The number of aliphatic carboxylic acids is 1. The molecule has 0 aromatic carbocycles. The van der Waals surface area contributed by atoms with E-state index in [-0.39, 0.29) is 0 Å². The van der Waals surface area contributed by atoms with Crippen LogP contribution in [0.2, 0.25) is 0 Å². The molecule has 3 nitrogen and oxygen atoms in total. The van der Waals surface area contributed by atoms with E-state index < -0.39 is 5.97 Å². The Labute approximate surface area is 46.6 Å². The van der Waals surface area contributed by atoms with E-state index in [1.165, 1.54) is 6.26 Å². The molecule has 44 valence electrons. The predicted molar refractivity (Wildman–Crippen MR) is 26.3 cm³/mol. The van der Waals surface area contributed by atoms with Crippen molar-refractivity contribution in [1.82, 2.24) is 0 Å². The van der Waals surface area contributed by atoms with E-state index in [9.17, 15) is 4.79 Å². The molecule has 3 heteroatoms. The summed E-state index contributed by atoms with van der Waals surface area (Å²) < 4.78 is 4.68. The van der Waals surface area contributed by atoms with Crippen molar-refractivity contribution >= 4 is 5.97 Å². The van der Waals surface area contributed by atoms with Crippen LogP contribution in [0.25, 0.3) is 0 Å². The molecule has 1 heterocycles. The number of hydrogen-bond donors (Lipinski definition) is 1. The lowest BCUT2D eigenvalue weighted by atomic mass is 10.2. The minimum atomic E-state index is -0.873. The third kappa shape index (κ3) is 0.804. The van der Waals surface area contributed by atoms with Crippen molar-refractivity contribution in [3.8, 4) is 0 Å². The van der Waals surface area contributed by atoms with Crippen molar-refractivity contribution < 1.29 is 14.6 Å². The molecule has 1 aliphatic rings. The largest absolute Gasteiger partial charge is 0.500 e. The van der Waals surface area contributed by atoms with Crippen LogP contribution < -0.4 is 0 Å². The van der Waals surface area contributed by atoms with Gasteiger partial charge in [0.05, 0.1) is 18.4 Å². The highest BCUT2D eigenvalue weighted by atomic mass is 16.5. The zero-order chi connectivity index (χ0) is 5.98. The highest BCUT2D eigenvalue weighted by Crippen LogP contribution is 2.08. The smallest absolute Gasteiger partial charge is 0.334 e. The van der Waals surface area contributed by atoms with Crippen molar-refractivity contribution in [3.05, 3.63) is 11.8 Å². The highest BCUT2D eigenvalue weighted by Gasteiger charge is 2.11. The third-order valence-electron chi connectivity index (χ3n) is 0.990.